The molecule has 0 aliphatic carbocycles. The number of benzene rings is 1. The molecule has 0 amide bonds. The largest absolute Gasteiger partial charge is 0.454 e. The highest BCUT2D eigenvalue weighted by atomic mass is 16.7. The molecule has 0 bridgehead atoms. The first kappa shape index (κ1) is 11.8. The van der Waals surface area contributed by atoms with Crippen molar-refractivity contribution in [3.05, 3.63) is 23.8 Å². The van der Waals surface area contributed by atoms with E-state index in [0.29, 0.717) is 12.8 Å². The van der Waals surface area contributed by atoms with E-state index in [-0.39, 0.29) is 0 Å². The molecule has 0 saturated carbocycles. The van der Waals surface area contributed by atoms with E-state index in [1.807, 2.05) is 6.07 Å². The van der Waals surface area contributed by atoms with E-state index in [4.69, 9.17) is 9.47 Å². The molecule has 1 N–H and O–H groups in total. The Bertz CT molecular complexity index is 422. The third-order valence-electron chi connectivity index (χ3n) is 3.76. The maximum absolute atomic E-state index is 5.47. The monoisotopic (exact) mass is 248 g/mol. The summed E-state index contributed by atoms with van der Waals surface area (Å²) < 4.78 is 10.8. The Morgan fingerprint density at radius 2 is 2.22 bits per heavy atom. The number of ether oxygens (including phenoxy) is 2. The Labute approximate surface area is 108 Å². The van der Waals surface area contributed by atoms with Gasteiger partial charge in [-0.05, 0) is 43.8 Å². The zero-order valence-electron chi connectivity index (χ0n) is 10.8. The van der Waals surface area contributed by atoms with E-state index in [1.165, 1.54) is 12.0 Å². The first-order valence-corrected chi connectivity index (χ1v) is 6.73. The van der Waals surface area contributed by atoms with Crippen molar-refractivity contribution in [2.75, 3.05) is 33.0 Å². The van der Waals surface area contributed by atoms with Gasteiger partial charge in [0, 0.05) is 12.6 Å². The van der Waals surface area contributed by atoms with Crippen LogP contribution in [0, 0.1) is 0 Å². The number of hydrogen-bond donors (Lipinski definition) is 1. The number of hydrogen-bond acceptors (Lipinski definition) is 4. The molecule has 2 aliphatic rings. The lowest BCUT2D eigenvalue weighted by molar-refractivity contribution is 0.173. The molecule has 1 unspecified atom stereocenters. The van der Waals surface area contributed by atoms with Gasteiger partial charge in [-0.25, -0.2) is 0 Å². The number of fused-ring (bicyclic) bond motifs is 1. The molecule has 98 valence electrons. The molecule has 4 heteroatoms. The standard InChI is InChI=1S/C14H20N2O2/c1-2-16-7-3-6-15-9-12(16)11-4-5-13-14(8-11)18-10-17-13/h4-5,8,12,15H,2-3,6-7,9-10H2,1H3. The summed E-state index contributed by atoms with van der Waals surface area (Å²) in [7, 11) is 0. The summed E-state index contributed by atoms with van der Waals surface area (Å²) in [5.74, 6) is 1.75. The van der Waals surface area contributed by atoms with Crippen molar-refractivity contribution in [3.63, 3.8) is 0 Å². The van der Waals surface area contributed by atoms with Crippen LogP contribution in [-0.4, -0.2) is 37.9 Å². The number of likely N-dealkylation sites (N-methyl/N-ethyl adjacent to an activating group) is 1. The molecule has 2 aliphatic heterocycles. The second kappa shape index (κ2) is 5.16. The molecule has 0 aromatic heterocycles. The quantitative estimate of drug-likeness (QED) is 0.865. The zero-order chi connectivity index (χ0) is 12.4. The van der Waals surface area contributed by atoms with Crippen molar-refractivity contribution in [2.45, 2.75) is 19.4 Å². The third-order valence-corrected chi connectivity index (χ3v) is 3.76. The van der Waals surface area contributed by atoms with Gasteiger partial charge in [0.1, 0.15) is 0 Å². The average molecular weight is 248 g/mol. The van der Waals surface area contributed by atoms with Gasteiger partial charge in [0.25, 0.3) is 0 Å². The van der Waals surface area contributed by atoms with Crippen LogP contribution in [0.1, 0.15) is 24.9 Å². The van der Waals surface area contributed by atoms with Crippen LogP contribution >= 0.6 is 0 Å². The molecular weight excluding hydrogens is 228 g/mol. The molecule has 1 aromatic carbocycles. The molecule has 0 spiro atoms. The molecule has 1 aromatic rings. The van der Waals surface area contributed by atoms with Crippen molar-refractivity contribution >= 4 is 0 Å². The van der Waals surface area contributed by atoms with Gasteiger partial charge < -0.3 is 14.8 Å². The lowest BCUT2D eigenvalue weighted by Crippen LogP contribution is -2.32. The van der Waals surface area contributed by atoms with E-state index in [0.717, 1.165) is 37.7 Å². The second-order valence-electron chi connectivity index (χ2n) is 4.81. The van der Waals surface area contributed by atoms with Gasteiger partial charge in [0.15, 0.2) is 11.5 Å². The lowest BCUT2D eigenvalue weighted by atomic mass is 10.0. The smallest absolute Gasteiger partial charge is 0.231 e. The fourth-order valence-electron chi connectivity index (χ4n) is 2.76. The van der Waals surface area contributed by atoms with E-state index in [1.54, 1.807) is 0 Å². The van der Waals surface area contributed by atoms with Crippen LogP contribution < -0.4 is 14.8 Å². The zero-order valence-corrected chi connectivity index (χ0v) is 10.8. The molecule has 0 radical (unpaired) electrons. The van der Waals surface area contributed by atoms with Gasteiger partial charge in [-0.1, -0.05) is 13.0 Å². The maximum Gasteiger partial charge on any atom is 0.231 e. The minimum absolute atomic E-state index is 0.346. The maximum atomic E-state index is 5.47. The van der Waals surface area contributed by atoms with Crippen LogP contribution in [0.3, 0.4) is 0 Å². The van der Waals surface area contributed by atoms with E-state index in [2.05, 4.69) is 29.3 Å². The van der Waals surface area contributed by atoms with Gasteiger partial charge in [-0.3, -0.25) is 4.90 Å². The Morgan fingerprint density at radius 1 is 1.33 bits per heavy atom. The van der Waals surface area contributed by atoms with Crippen LogP contribution in [0.5, 0.6) is 11.5 Å². The average Bonchev–Trinajstić information content (AvgIpc) is 2.74. The molecule has 18 heavy (non-hydrogen) atoms. The molecule has 3 rings (SSSR count). The number of nitrogens with zero attached hydrogens (tertiary/aromatic N) is 1. The minimum atomic E-state index is 0.346. The van der Waals surface area contributed by atoms with Crippen LogP contribution in [0.2, 0.25) is 0 Å². The highest BCUT2D eigenvalue weighted by Crippen LogP contribution is 2.35. The molecule has 1 atom stereocenters. The fraction of sp³-hybridized carbons (Fsp3) is 0.571. The summed E-state index contributed by atoms with van der Waals surface area (Å²) in [6.07, 6.45) is 1.22. The summed E-state index contributed by atoms with van der Waals surface area (Å²) in [4.78, 5) is 2.53. The van der Waals surface area contributed by atoms with Gasteiger partial charge in [0.05, 0.1) is 0 Å². The van der Waals surface area contributed by atoms with Crippen molar-refractivity contribution in [2.24, 2.45) is 0 Å². The van der Waals surface area contributed by atoms with Crippen LogP contribution in [0.4, 0.5) is 0 Å². The van der Waals surface area contributed by atoms with Crippen molar-refractivity contribution in [1.29, 1.82) is 0 Å². The fourth-order valence-corrected chi connectivity index (χ4v) is 2.76. The normalized spacial score (nSPS) is 23.9. The summed E-state index contributed by atoms with van der Waals surface area (Å²) in [5, 5.41) is 3.51. The Kier molecular flexibility index (Phi) is 3.39. The molecular formula is C14H20N2O2. The molecule has 4 nitrogen and oxygen atoms in total. The van der Waals surface area contributed by atoms with E-state index < -0.39 is 0 Å². The van der Waals surface area contributed by atoms with Crippen molar-refractivity contribution < 1.29 is 9.47 Å². The van der Waals surface area contributed by atoms with Crippen LogP contribution in [-0.2, 0) is 0 Å². The summed E-state index contributed by atoms with van der Waals surface area (Å²) in [6.45, 7) is 6.93. The highest BCUT2D eigenvalue weighted by molar-refractivity contribution is 5.45. The lowest BCUT2D eigenvalue weighted by Gasteiger charge is -2.28. The molecule has 1 saturated heterocycles. The highest BCUT2D eigenvalue weighted by Gasteiger charge is 2.23. The Balaban J connectivity index is 1.87. The second-order valence-corrected chi connectivity index (χ2v) is 4.81. The Hall–Kier alpha value is -1.26. The van der Waals surface area contributed by atoms with E-state index in [9.17, 15) is 0 Å². The summed E-state index contributed by atoms with van der Waals surface area (Å²) in [6, 6.07) is 6.75. The Morgan fingerprint density at radius 3 is 3.11 bits per heavy atom. The van der Waals surface area contributed by atoms with Gasteiger partial charge in [-0.15, -0.1) is 0 Å². The van der Waals surface area contributed by atoms with Gasteiger partial charge in [-0.2, -0.15) is 0 Å². The predicted molar refractivity (Wildman–Crippen MR) is 70.0 cm³/mol. The first-order valence-electron chi connectivity index (χ1n) is 6.73. The van der Waals surface area contributed by atoms with Crippen LogP contribution in [0.25, 0.3) is 0 Å². The summed E-state index contributed by atoms with van der Waals surface area (Å²) >= 11 is 0. The minimum Gasteiger partial charge on any atom is -0.454 e. The van der Waals surface area contributed by atoms with Crippen LogP contribution in [0.15, 0.2) is 18.2 Å². The summed E-state index contributed by atoms with van der Waals surface area (Å²) in [5.41, 5.74) is 1.32. The van der Waals surface area contributed by atoms with Crippen molar-refractivity contribution in [3.8, 4) is 11.5 Å². The van der Waals surface area contributed by atoms with E-state index >= 15 is 0 Å². The third kappa shape index (κ3) is 2.18. The molecule has 1 fully saturated rings. The van der Waals surface area contributed by atoms with Gasteiger partial charge in [0.2, 0.25) is 6.79 Å². The number of nitrogens with one attached hydrogen (secondary N) is 1. The molecule has 2 heterocycles. The first-order chi connectivity index (χ1) is 8.88. The SMILES string of the molecule is CCN1CCCNCC1c1ccc2c(c1)OCO2. The predicted octanol–water partition coefficient (Wildman–Crippen LogP) is 1.77. The topological polar surface area (TPSA) is 33.7 Å². The van der Waals surface area contributed by atoms with Crippen molar-refractivity contribution in [1.82, 2.24) is 10.2 Å². The van der Waals surface area contributed by atoms with Gasteiger partial charge >= 0.3 is 0 Å². The number of rotatable bonds is 2.